The van der Waals surface area contributed by atoms with E-state index in [-0.39, 0.29) is 5.69 Å². The van der Waals surface area contributed by atoms with Crippen molar-refractivity contribution in [3.63, 3.8) is 0 Å². The van der Waals surface area contributed by atoms with Crippen LogP contribution < -0.4 is 9.47 Å². The van der Waals surface area contributed by atoms with Gasteiger partial charge in [-0.3, -0.25) is 10.1 Å². The molecule has 14 heavy (non-hydrogen) atoms. The van der Waals surface area contributed by atoms with E-state index in [2.05, 4.69) is 0 Å². The molecule has 76 valence electrons. The van der Waals surface area contributed by atoms with Crippen molar-refractivity contribution in [3.05, 3.63) is 27.8 Å². The van der Waals surface area contributed by atoms with Gasteiger partial charge in [0.15, 0.2) is 11.5 Å². The number of hydrogen-bond acceptors (Lipinski definition) is 4. The molecule has 1 rings (SSSR count). The van der Waals surface area contributed by atoms with Crippen LogP contribution in [0.25, 0.3) is 0 Å². The molecule has 0 bridgehead atoms. The minimum atomic E-state index is -0.447. The summed E-state index contributed by atoms with van der Waals surface area (Å²) in [4.78, 5) is 10.2. The average molecular weight is 197 g/mol. The molecule has 0 radical (unpaired) electrons. The largest absolute Gasteiger partial charge is 0.493 e. The maximum absolute atomic E-state index is 10.6. The first-order valence-electron chi connectivity index (χ1n) is 3.97. The summed E-state index contributed by atoms with van der Waals surface area (Å²) in [5, 5.41) is 10.6. The Balaban J connectivity index is 3.30. The average Bonchev–Trinajstić information content (AvgIpc) is 2.16. The highest BCUT2D eigenvalue weighted by Crippen LogP contribution is 2.33. The lowest BCUT2D eigenvalue weighted by Crippen LogP contribution is -1.96. The SMILES string of the molecule is COc1cc(C)c([N+](=O)[O-])cc1OC. The molecule has 0 saturated carbocycles. The number of methoxy groups -OCH3 is 2. The summed E-state index contributed by atoms with van der Waals surface area (Å²) in [6.07, 6.45) is 0. The van der Waals surface area contributed by atoms with E-state index in [4.69, 9.17) is 9.47 Å². The molecular weight excluding hydrogens is 186 g/mol. The van der Waals surface area contributed by atoms with Crippen molar-refractivity contribution in [1.82, 2.24) is 0 Å². The van der Waals surface area contributed by atoms with E-state index < -0.39 is 4.92 Å². The van der Waals surface area contributed by atoms with Gasteiger partial charge >= 0.3 is 0 Å². The van der Waals surface area contributed by atoms with Crippen LogP contribution in [0.5, 0.6) is 11.5 Å². The smallest absolute Gasteiger partial charge is 0.276 e. The van der Waals surface area contributed by atoms with Crippen LogP contribution in [0.1, 0.15) is 5.56 Å². The number of nitro groups is 1. The molecule has 0 amide bonds. The third-order valence-electron chi connectivity index (χ3n) is 1.90. The van der Waals surface area contributed by atoms with E-state index in [0.29, 0.717) is 17.1 Å². The summed E-state index contributed by atoms with van der Waals surface area (Å²) in [6, 6.07) is 2.94. The number of nitro benzene ring substituents is 1. The normalized spacial score (nSPS) is 9.64. The summed E-state index contributed by atoms with van der Waals surface area (Å²) in [7, 11) is 2.93. The summed E-state index contributed by atoms with van der Waals surface area (Å²) < 4.78 is 9.96. The van der Waals surface area contributed by atoms with Crippen LogP contribution in [0.4, 0.5) is 5.69 Å². The molecule has 0 fully saturated rings. The van der Waals surface area contributed by atoms with E-state index in [1.54, 1.807) is 13.0 Å². The van der Waals surface area contributed by atoms with Gasteiger partial charge in [0.25, 0.3) is 5.69 Å². The number of benzene rings is 1. The van der Waals surface area contributed by atoms with Crippen molar-refractivity contribution in [2.45, 2.75) is 6.92 Å². The summed E-state index contributed by atoms with van der Waals surface area (Å²) >= 11 is 0. The molecule has 5 nitrogen and oxygen atoms in total. The van der Waals surface area contributed by atoms with Crippen molar-refractivity contribution in [3.8, 4) is 11.5 Å². The lowest BCUT2D eigenvalue weighted by Gasteiger charge is -2.07. The molecule has 1 aromatic carbocycles. The lowest BCUT2D eigenvalue weighted by atomic mass is 10.2. The first kappa shape index (κ1) is 10.3. The maximum atomic E-state index is 10.6. The monoisotopic (exact) mass is 197 g/mol. The van der Waals surface area contributed by atoms with Gasteiger partial charge in [0.2, 0.25) is 0 Å². The van der Waals surface area contributed by atoms with Gasteiger partial charge in [-0.25, -0.2) is 0 Å². The molecule has 0 heterocycles. The topological polar surface area (TPSA) is 61.6 Å². The Kier molecular flexibility index (Phi) is 2.91. The molecular formula is C9H11NO4. The Hall–Kier alpha value is -1.78. The zero-order valence-electron chi connectivity index (χ0n) is 8.23. The van der Waals surface area contributed by atoms with Crippen LogP contribution in [0.15, 0.2) is 12.1 Å². The fourth-order valence-electron chi connectivity index (χ4n) is 1.17. The van der Waals surface area contributed by atoms with Gasteiger partial charge in [-0.1, -0.05) is 0 Å². The number of aryl methyl sites for hydroxylation is 1. The fraction of sp³-hybridized carbons (Fsp3) is 0.333. The van der Waals surface area contributed by atoms with Gasteiger partial charge in [0.1, 0.15) is 0 Å². The molecule has 0 N–H and O–H groups in total. The third-order valence-corrected chi connectivity index (χ3v) is 1.90. The van der Waals surface area contributed by atoms with E-state index >= 15 is 0 Å². The van der Waals surface area contributed by atoms with Crippen molar-refractivity contribution < 1.29 is 14.4 Å². The van der Waals surface area contributed by atoms with Crippen LogP contribution in [0.2, 0.25) is 0 Å². The van der Waals surface area contributed by atoms with Crippen LogP contribution in [-0.2, 0) is 0 Å². The standard InChI is InChI=1S/C9H11NO4/c1-6-4-8(13-2)9(14-3)5-7(6)10(11)12/h4-5H,1-3H3. The highest BCUT2D eigenvalue weighted by atomic mass is 16.6. The Morgan fingerprint density at radius 3 is 2.14 bits per heavy atom. The molecule has 5 heteroatoms. The number of ether oxygens (including phenoxy) is 2. The van der Waals surface area contributed by atoms with Crippen LogP contribution in [-0.4, -0.2) is 19.1 Å². The zero-order valence-corrected chi connectivity index (χ0v) is 8.23. The van der Waals surface area contributed by atoms with E-state index in [0.717, 1.165) is 0 Å². The minimum Gasteiger partial charge on any atom is -0.493 e. The van der Waals surface area contributed by atoms with Crippen LogP contribution >= 0.6 is 0 Å². The lowest BCUT2D eigenvalue weighted by molar-refractivity contribution is -0.385. The van der Waals surface area contributed by atoms with Gasteiger partial charge in [-0.15, -0.1) is 0 Å². The highest BCUT2D eigenvalue weighted by Gasteiger charge is 2.15. The Labute approximate surface area is 81.4 Å². The second-order valence-corrected chi connectivity index (χ2v) is 2.75. The fourth-order valence-corrected chi connectivity index (χ4v) is 1.17. The first-order valence-corrected chi connectivity index (χ1v) is 3.97. The van der Waals surface area contributed by atoms with Gasteiger partial charge in [-0.05, 0) is 13.0 Å². The molecule has 0 unspecified atom stereocenters. The maximum Gasteiger partial charge on any atom is 0.276 e. The summed E-state index contributed by atoms with van der Waals surface area (Å²) in [6.45, 7) is 1.65. The Morgan fingerprint density at radius 1 is 1.21 bits per heavy atom. The third kappa shape index (κ3) is 1.76. The number of nitrogens with zero attached hydrogens (tertiary/aromatic N) is 1. The van der Waals surface area contributed by atoms with E-state index in [1.165, 1.54) is 20.3 Å². The summed E-state index contributed by atoms with van der Waals surface area (Å²) in [5.41, 5.74) is 0.579. The van der Waals surface area contributed by atoms with Gasteiger partial charge in [-0.2, -0.15) is 0 Å². The molecule has 0 aromatic heterocycles. The van der Waals surface area contributed by atoms with E-state index in [1.807, 2.05) is 0 Å². The quantitative estimate of drug-likeness (QED) is 0.548. The Bertz CT molecular complexity index is 362. The molecule has 1 aromatic rings. The number of rotatable bonds is 3. The van der Waals surface area contributed by atoms with Gasteiger partial charge < -0.3 is 9.47 Å². The van der Waals surface area contributed by atoms with Gasteiger partial charge in [0, 0.05) is 5.56 Å². The molecule has 0 spiro atoms. The van der Waals surface area contributed by atoms with Crippen LogP contribution in [0.3, 0.4) is 0 Å². The van der Waals surface area contributed by atoms with Crippen molar-refractivity contribution in [2.24, 2.45) is 0 Å². The Morgan fingerprint density at radius 2 is 1.71 bits per heavy atom. The van der Waals surface area contributed by atoms with Crippen molar-refractivity contribution in [1.29, 1.82) is 0 Å². The zero-order chi connectivity index (χ0) is 10.7. The van der Waals surface area contributed by atoms with Crippen molar-refractivity contribution >= 4 is 5.69 Å². The van der Waals surface area contributed by atoms with Crippen molar-refractivity contribution in [2.75, 3.05) is 14.2 Å². The minimum absolute atomic E-state index is 0.0302. The predicted molar refractivity (Wildman–Crippen MR) is 50.9 cm³/mol. The molecule has 0 aliphatic heterocycles. The van der Waals surface area contributed by atoms with E-state index in [9.17, 15) is 10.1 Å². The number of hydrogen-bond donors (Lipinski definition) is 0. The molecule has 0 saturated heterocycles. The molecule has 0 aliphatic rings. The second kappa shape index (κ2) is 3.95. The molecule has 0 aliphatic carbocycles. The van der Waals surface area contributed by atoms with Crippen LogP contribution in [0, 0.1) is 17.0 Å². The molecule has 0 atom stereocenters. The predicted octanol–water partition coefficient (Wildman–Crippen LogP) is 1.92. The summed E-state index contributed by atoms with van der Waals surface area (Å²) in [5.74, 6) is 0.861. The first-order chi connectivity index (χ1) is 6.60. The highest BCUT2D eigenvalue weighted by molar-refractivity contribution is 5.53. The second-order valence-electron chi connectivity index (χ2n) is 2.75. The van der Waals surface area contributed by atoms with Gasteiger partial charge in [0.05, 0.1) is 25.2 Å².